The van der Waals surface area contributed by atoms with Gasteiger partial charge in [-0.05, 0) is 70.2 Å². The normalized spacial score (nSPS) is 18.0. The molecule has 0 bridgehead atoms. The Bertz CT molecular complexity index is 1400. The van der Waals surface area contributed by atoms with E-state index < -0.39 is 11.7 Å². The summed E-state index contributed by atoms with van der Waals surface area (Å²) < 4.78 is 46.8. The minimum absolute atomic E-state index is 0.00868. The van der Waals surface area contributed by atoms with Gasteiger partial charge in [0.15, 0.2) is 0 Å². The maximum absolute atomic E-state index is 13.9. The van der Waals surface area contributed by atoms with Crippen LogP contribution in [0, 0.1) is 13.8 Å². The summed E-state index contributed by atoms with van der Waals surface area (Å²) in [4.78, 5) is 28.3. The second kappa shape index (κ2) is 12.5. The number of piperidine rings is 2. The van der Waals surface area contributed by atoms with Gasteiger partial charge < -0.3 is 14.5 Å². The van der Waals surface area contributed by atoms with Gasteiger partial charge in [0.1, 0.15) is 12.1 Å². The molecule has 0 aliphatic carbocycles. The van der Waals surface area contributed by atoms with Crippen molar-refractivity contribution in [1.82, 2.24) is 19.8 Å². The molecule has 2 aliphatic rings. The highest BCUT2D eigenvalue weighted by Crippen LogP contribution is 2.40. The van der Waals surface area contributed by atoms with Crippen LogP contribution in [0.5, 0.6) is 5.75 Å². The van der Waals surface area contributed by atoms with Crippen molar-refractivity contribution >= 4 is 11.6 Å². The topological polar surface area (TPSA) is 61.8 Å². The SMILES string of the molecule is COc1ccc(N(Cc2ccccc2)C2CCN(C3(C)CCN(C(=O)c4c(C)ncnc4C)CC3)CC2)cc1C(F)(F)F. The number of carbonyl (C=O) groups is 1. The van der Waals surface area contributed by atoms with Gasteiger partial charge in [0, 0.05) is 50.0 Å². The largest absolute Gasteiger partial charge is 0.496 e. The van der Waals surface area contributed by atoms with Gasteiger partial charge in [-0.15, -0.1) is 0 Å². The van der Waals surface area contributed by atoms with Crippen LogP contribution in [0.1, 0.15) is 65.5 Å². The molecule has 2 fully saturated rings. The Morgan fingerprint density at radius 3 is 2.21 bits per heavy atom. The number of carbonyl (C=O) groups excluding carboxylic acids is 1. The van der Waals surface area contributed by atoms with Crippen molar-refractivity contribution in [2.45, 2.75) is 70.8 Å². The van der Waals surface area contributed by atoms with E-state index in [0.717, 1.165) is 44.3 Å². The molecule has 2 saturated heterocycles. The zero-order valence-electron chi connectivity index (χ0n) is 25.3. The van der Waals surface area contributed by atoms with Crippen LogP contribution in [0.15, 0.2) is 54.9 Å². The number of hydrogen-bond donors (Lipinski definition) is 0. The standard InChI is InChI=1S/C33H40F3N5O2/c1-23-30(24(2)38-22-37-23)31(42)39-18-14-32(3,15-19-39)40-16-12-26(13-17-40)41(21-25-8-6-5-7-9-25)27-10-11-29(43-4)28(20-27)33(34,35)36/h5-11,20,22,26H,12-19,21H2,1-4H3. The van der Waals surface area contributed by atoms with E-state index in [9.17, 15) is 18.0 Å². The zero-order valence-corrected chi connectivity index (χ0v) is 25.3. The molecule has 10 heteroatoms. The first-order valence-electron chi connectivity index (χ1n) is 14.9. The number of aryl methyl sites for hydroxylation is 2. The van der Waals surface area contributed by atoms with Gasteiger partial charge in [-0.2, -0.15) is 13.2 Å². The highest BCUT2D eigenvalue weighted by molar-refractivity contribution is 5.96. The third kappa shape index (κ3) is 6.64. The number of hydrogen-bond acceptors (Lipinski definition) is 6. The fourth-order valence-corrected chi connectivity index (χ4v) is 6.59. The monoisotopic (exact) mass is 595 g/mol. The number of nitrogens with zero attached hydrogens (tertiary/aromatic N) is 5. The van der Waals surface area contributed by atoms with E-state index in [1.54, 1.807) is 6.07 Å². The van der Waals surface area contributed by atoms with E-state index in [0.29, 0.717) is 42.3 Å². The molecule has 2 aromatic carbocycles. The van der Waals surface area contributed by atoms with Gasteiger partial charge in [-0.3, -0.25) is 9.69 Å². The Hall–Kier alpha value is -3.66. The number of alkyl halides is 3. The molecule has 0 saturated carbocycles. The summed E-state index contributed by atoms with van der Waals surface area (Å²) in [6, 6.07) is 14.3. The number of amides is 1. The lowest BCUT2D eigenvalue weighted by atomic mass is 9.85. The molecule has 5 rings (SSSR count). The van der Waals surface area contributed by atoms with Crippen LogP contribution in [0.2, 0.25) is 0 Å². The zero-order chi connectivity index (χ0) is 30.8. The Morgan fingerprint density at radius 2 is 1.63 bits per heavy atom. The Kier molecular flexibility index (Phi) is 8.96. The first-order valence-corrected chi connectivity index (χ1v) is 14.9. The highest BCUT2D eigenvalue weighted by atomic mass is 19.4. The summed E-state index contributed by atoms with van der Waals surface area (Å²) in [7, 11) is 1.26. The number of rotatable bonds is 7. The minimum atomic E-state index is -4.51. The maximum Gasteiger partial charge on any atom is 0.420 e. The molecule has 230 valence electrons. The lowest BCUT2D eigenvalue weighted by molar-refractivity contribution is -0.138. The van der Waals surface area contributed by atoms with Crippen molar-refractivity contribution in [2.24, 2.45) is 0 Å². The molecule has 0 radical (unpaired) electrons. The third-order valence-corrected chi connectivity index (χ3v) is 9.25. The number of ether oxygens (including phenoxy) is 1. The van der Waals surface area contributed by atoms with Gasteiger partial charge in [-0.1, -0.05) is 30.3 Å². The lowest BCUT2D eigenvalue weighted by Gasteiger charge is -2.50. The number of methoxy groups -OCH3 is 1. The van der Waals surface area contributed by atoms with Crippen molar-refractivity contribution in [3.63, 3.8) is 0 Å². The van der Waals surface area contributed by atoms with Crippen molar-refractivity contribution in [1.29, 1.82) is 0 Å². The molecule has 2 aliphatic heterocycles. The van der Waals surface area contributed by atoms with Gasteiger partial charge in [-0.25, -0.2) is 9.97 Å². The number of aromatic nitrogens is 2. The van der Waals surface area contributed by atoms with Gasteiger partial charge in [0.25, 0.3) is 5.91 Å². The quantitative estimate of drug-likeness (QED) is 0.320. The van der Waals surface area contributed by atoms with Crippen molar-refractivity contribution < 1.29 is 22.7 Å². The Morgan fingerprint density at radius 1 is 1.00 bits per heavy atom. The van der Waals surface area contributed by atoms with E-state index >= 15 is 0 Å². The summed E-state index contributed by atoms with van der Waals surface area (Å²) in [5, 5.41) is 0. The molecule has 0 spiro atoms. The average Bonchev–Trinajstić information content (AvgIpc) is 3.00. The third-order valence-electron chi connectivity index (χ3n) is 9.25. The highest BCUT2D eigenvalue weighted by Gasteiger charge is 2.40. The molecule has 3 heterocycles. The summed E-state index contributed by atoms with van der Waals surface area (Å²) >= 11 is 0. The molecule has 3 aromatic rings. The molecular weight excluding hydrogens is 555 g/mol. The van der Waals surface area contributed by atoms with E-state index in [1.807, 2.05) is 49.1 Å². The van der Waals surface area contributed by atoms with E-state index in [-0.39, 0.29) is 23.2 Å². The van der Waals surface area contributed by atoms with Crippen molar-refractivity contribution in [2.75, 3.05) is 38.2 Å². The average molecular weight is 596 g/mol. The summed E-state index contributed by atoms with van der Waals surface area (Å²) in [6.45, 7) is 9.49. The fourth-order valence-electron chi connectivity index (χ4n) is 6.59. The first kappa shape index (κ1) is 30.8. The van der Waals surface area contributed by atoms with Crippen LogP contribution in [0.4, 0.5) is 18.9 Å². The lowest BCUT2D eigenvalue weighted by Crippen LogP contribution is -2.58. The van der Waals surface area contributed by atoms with Gasteiger partial charge in [0.05, 0.1) is 29.6 Å². The fraction of sp³-hybridized carbons (Fsp3) is 0.485. The molecule has 1 aromatic heterocycles. The van der Waals surface area contributed by atoms with E-state index in [4.69, 9.17) is 4.74 Å². The first-order chi connectivity index (χ1) is 20.5. The van der Waals surface area contributed by atoms with Crippen LogP contribution in [0.3, 0.4) is 0 Å². The van der Waals surface area contributed by atoms with E-state index in [2.05, 4.69) is 26.7 Å². The van der Waals surface area contributed by atoms with Crippen LogP contribution < -0.4 is 9.64 Å². The Balaban J connectivity index is 1.29. The van der Waals surface area contributed by atoms with Crippen LogP contribution >= 0.6 is 0 Å². The van der Waals surface area contributed by atoms with E-state index in [1.165, 1.54) is 25.6 Å². The van der Waals surface area contributed by atoms with Crippen molar-refractivity contribution in [3.05, 3.63) is 82.9 Å². The number of benzene rings is 2. The molecular formula is C33H40F3N5O2. The molecule has 1 amide bonds. The molecule has 43 heavy (non-hydrogen) atoms. The predicted octanol–water partition coefficient (Wildman–Crippen LogP) is 6.29. The van der Waals surface area contributed by atoms with Crippen LogP contribution in [-0.2, 0) is 12.7 Å². The number of anilines is 1. The molecule has 0 N–H and O–H groups in total. The Labute approximate surface area is 251 Å². The minimum Gasteiger partial charge on any atom is -0.496 e. The van der Waals surface area contributed by atoms with Crippen LogP contribution in [0.25, 0.3) is 0 Å². The molecule has 0 unspecified atom stereocenters. The maximum atomic E-state index is 13.9. The number of halogens is 3. The number of likely N-dealkylation sites (tertiary alicyclic amines) is 2. The van der Waals surface area contributed by atoms with Crippen molar-refractivity contribution in [3.8, 4) is 5.75 Å². The van der Waals surface area contributed by atoms with Crippen LogP contribution in [-0.4, -0.2) is 70.5 Å². The summed E-state index contributed by atoms with van der Waals surface area (Å²) in [6.07, 6.45) is 0.352. The second-order valence-electron chi connectivity index (χ2n) is 11.9. The summed E-state index contributed by atoms with van der Waals surface area (Å²) in [5.41, 5.74) is 2.78. The smallest absolute Gasteiger partial charge is 0.420 e. The molecule has 7 nitrogen and oxygen atoms in total. The van der Waals surface area contributed by atoms with Gasteiger partial charge in [0.2, 0.25) is 0 Å². The molecule has 0 atom stereocenters. The van der Waals surface area contributed by atoms with Gasteiger partial charge >= 0.3 is 6.18 Å². The summed E-state index contributed by atoms with van der Waals surface area (Å²) in [5.74, 6) is -0.181. The second-order valence-corrected chi connectivity index (χ2v) is 11.9. The predicted molar refractivity (Wildman–Crippen MR) is 160 cm³/mol.